The van der Waals surface area contributed by atoms with Crippen molar-refractivity contribution in [3.8, 4) is 11.5 Å². The number of ether oxygens (including phenoxy) is 2. The van der Waals surface area contributed by atoms with Gasteiger partial charge in [0, 0.05) is 12.3 Å². The van der Waals surface area contributed by atoms with Crippen LogP contribution in [0.1, 0.15) is 16.2 Å². The molecule has 0 saturated carbocycles. The summed E-state index contributed by atoms with van der Waals surface area (Å²) in [6, 6.07) is 9.78. The van der Waals surface area contributed by atoms with Gasteiger partial charge in [-0.2, -0.15) is 0 Å². The standard InChI is InChI=1S/C15H13N3O4/c1-21-15(20)10-5-6-14-16-13(17-18(14)8-10)9-22-12-4-2-3-11(19)7-12/h2-8,19H,9H2,1H3. The molecule has 7 heteroatoms. The van der Waals surface area contributed by atoms with Crippen molar-refractivity contribution in [2.75, 3.05) is 7.11 Å². The number of hydrogen-bond acceptors (Lipinski definition) is 6. The van der Waals surface area contributed by atoms with E-state index in [-0.39, 0.29) is 12.4 Å². The molecule has 22 heavy (non-hydrogen) atoms. The third-order valence-corrected chi connectivity index (χ3v) is 2.98. The molecule has 1 N–H and O–H groups in total. The van der Waals surface area contributed by atoms with Gasteiger partial charge in [0.05, 0.1) is 12.7 Å². The van der Waals surface area contributed by atoms with Gasteiger partial charge in [0.1, 0.15) is 18.1 Å². The summed E-state index contributed by atoms with van der Waals surface area (Å²) in [5.74, 6) is 0.678. The summed E-state index contributed by atoms with van der Waals surface area (Å²) in [4.78, 5) is 15.8. The Balaban J connectivity index is 1.78. The third kappa shape index (κ3) is 2.83. The zero-order valence-corrected chi connectivity index (χ0v) is 11.8. The molecule has 2 aromatic heterocycles. The van der Waals surface area contributed by atoms with Crippen LogP contribution in [0, 0.1) is 0 Å². The topological polar surface area (TPSA) is 86.0 Å². The van der Waals surface area contributed by atoms with Gasteiger partial charge in [-0.1, -0.05) is 6.07 Å². The second-order valence-corrected chi connectivity index (χ2v) is 4.53. The Hall–Kier alpha value is -3.09. The lowest BCUT2D eigenvalue weighted by Gasteiger charge is -2.03. The van der Waals surface area contributed by atoms with Crippen LogP contribution in [0.5, 0.6) is 11.5 Å². The van der Waals surface area contributed by atoms with E-state index in [1.54, 1.807) is 36.5 Å². The molecule has 0 saturated heterocycles. The predicted molar refractivity (Wildman–Crippen MR) is 76.8 cm³/mol. The van der Waals surface area contributed by atoms with Crippen molar-refractivity contribution in [1.29, 1.82) is 0 Å². The minimum absolute atomic E-state index is 0.128. The van der Waals surface area contributed by atoms with Crippen LogP contribution in [-0.2, 0) is 11.3 Å². The number of pyridine rings is 1. The SMILES string of the molecule is COC(=O)c1ccc2nc(COc3cccc(O)c3)nn2c1. The fourth-order valence-electron chi connectivity index (χ4n) is 1.95. The summed E-state index contributed by atoms with van der Waals surface area (Å²) in [5, 5.41) is 13.6. The van der Waals surface area contributed by atoms with Crippen LogP contribution in [0.2, 0.25) is 0 Å². The molecule has 0 radical (unpaired) electrons. The van der Waals surface area contributed by atoms with Crippen molar-refractivity contribution in [2.45, 2.75) is 6.61 Å². The molecule has 2 heterocycles. The number of benzene rings is 1. The van der Waals surface area contributed by atoms with Gasteiger partial charge in [-0.15, -0.1) is 5.10 Å². The molecule has 0 unspecified atom stereocenters. The number of methoxy groups -OCH3 is 1. The van der Waals surface area contributed by atoms with E-state index in [0.717, 1.165) is 0 Å². The highest BCUT2D eigenvalue weighted by Gasteiger charge is 2.09. The van der Waals surface area contributed by atoms with Crippen molar-refractivity contribution in [2.24, 2.45) is 0 Å². The van der Waals surface area contributed by atoms with E-state index in [1.165, 1.54) is 17.7 Å². The molecule has 0 aliphatic rings. The molecule has 7 nitrogen and oxygen atoms in total. The molecule has 3 aromatic rings. The number of fused-ring (bicyclic) bond motifs is 1. The average Bonchev–Trinajstić information content (AvgIpc) is 2.94. The van der Waals surface area contributed by atoms with Gasteiger partial charge >= 0.3 is 5.97 Å². The summed E-state index contributed by atoms with van der Waals surface area (Å²) < 4.78 is 11.7. The van der Waals surface area contributed by atoms with Crippen molar-refractivity contribution in [3.63, 3.8) is 0 Å². The van der Waals surface area contributed by atoms with E-state index in [1.807, 2.05) is 0 Å². The minimum atomic E-state index is -0.435. The Bertz CT molecular complexity index is 829. The van der Waals surface area contributed by atoms with Crippen LogP contribution in [0.15, 0.2) is 42.6 Å². The average molecular weight is 299 g/mol. The van der Waals surface area contributed by atoms with Gasteiger partial charge in [0.15, 0.2) is 11.5 Å². The number of carbonyl (C=O) groups excluding carboxylic acids is 1. The second-order valence-electron chi connectivity index (χ2n) is 4.53. The smallest absolute Gasteiger partial charge is 0.339 e. The van der Waals surface area contributed by atoms with Crippen LogP contribution in [0.25, 0.3) is 5.65 Å². The molecule has 0 spiro atoms. The second kappa shape index (κ2) is 5.72. The number of carbonyl (C=O) groups is 1. The zero-order valence-electron chi connectivity index (χ0n) is 11.8. The molecule has 0 amide bonds. The molecular weight excluding hydrogens is 286 g/mol. The number of aromatic hydroxyl groups is 1. The molecule has 112 valence electrons. The Morgan fingerprint density at radius 3 is 2.95 bits per heavy atom. The normalized spacial score (nSPS) is 10.6. The first-order valence-electron chi connectivity index (χ1n) is 6.51. The van der Waals surface area contributed by atoms with Gasteiger partial charge in [-0.25, -0.2) is 14.3 Å². The first kappa shape index (κ1) is 13.9. The molecule has 3 rings (SSSR count). The maximum atomic E-state index is 11.5. The van der Waals surface area contributed by atoms with E-state index in [0.29, 0.717) is 22.8 Å². The summed E-state index contributed by atoms with van der Waals surface area (Å²) in [5.41, 5.74) is 0.988. The van der Waals surface area contributed by atoms with E-state index < -0.39 is 5.97 Å². The van der Waals surface area contributed by atoms with Gasteiger partial charge in [0.25, 0.3) is 0 Å². The van der Waals surface area contributed by atoms with Gasteiger partial charge in [-0.3, -0.25) is 0 Å². The van der Waals surface area contributed by atoms with Gasteiger partial charge in [-0.05, 0) is 24.3 Å². The van der Waals surface area contributed by atoms with E-state index in [4.69, 9.17) is 4.74 Å². The van der Waals surface area contributed by atoms with Crippen molar-refractivity contribution in [3.05, 3.63) is 54.0 Å². The Labute approximate surface area is 125 Å². The van der Waals surface area contributed by atoms with E-state index in [2.05, 4.69) is 14.8 Å². The van der Waals surface area contributed by atoms with Crippen molar-refractivity contribution in [1.82, 2.24) is 14.6 Å². The Morgan fingerprint density at radius 1 is 1.32 bits per heavy atom. The summed E-state index contributed by atoms with van der Waals surface area (Å²) in [7, 11) is 1.32. The highest BCUT2D eigenvalue weighted by molar-refractivity contribution is 5.89. The fourth-order valence-corrected chi connectivity index (χ4v) is 1.95. The number of aromatic nitrogens is 3. The summed E-state index contributed by atoms with van der Waals surface area (Å²) >= 11 is 0. The summed E-state index contributed by atoms with van der Waals surface area (Å²) in [6.07, 6.45) is 1.55. The van der Waals surface area contributed by atoms with Gasteiger partial charge in [0.2, 0.25) is 0 Å². The first-order valence-corrected chi connectivity index (χ1v) is 6.51. The maximum absolute atomic E-state index is 11.5. The maximum Gasteiger partial charge on any atom is 0.339 e. The molecule has 0 aliphatic heterocycles. The highest BCUT2D eigenvalue weighted by Crippen LogP contribution is 2.18. The molecule has 0 fully saturated rings. The van der Waals surface area contributed by atoms with Crippen molar-refractivity contribution >= 4 is 11.6 Å². The number of phenolic OH excluding ortho intramolecular Hbond substituents is 1. The third-order valence-electron chi connectivity index (χ3n) is 2.98. The highest BCUT2D eigenvalue weighted by atomic mass is 16.5. The number of esters is 1. The van der Waals surface area contributed by atoms with Crippen molar-refractivity contribution < 1.29 is 19.4 Å². The van der Waals surface area contributed by atoms with Gasteiger partial charge < -0.3 is 14.6 Å². The Morgan fingerprint density at radius 2 is 2.18 bits per heavy atom. The molecule has 0 bridgehead atoms. The molecular formula is C15H13N3O4. The first-order chi connectivity index (χ1) is 10.7. The zero-order chi connectivity index (χ0) is 15.5. The number of phenols is 1. The van der Waals surface area contributed by atoms with Crippen LogP contribution < -0.4 is 4.74 Å². The number of hydrogen-bond donors (Lipinski definition) is 1. The quantitative estimate of drug-likeness (QED) is 0.739. The van der Waals surface area contributed by atoms with Crippen LogP contribution in [0.3, 0.4) is 0 Å². The summed E-state index contributed by atoms with van der Waals surface area (Å²) in [6.45, 7) is 0.151. The minimum Gasteiger partial charge on any atom is -0.508 e. The number of nitrogens with zero attached hydrogens (tertiary/aromatic N) is 3. The number of rotatable bonds is 4. The van der Waals surface area contributed by atoms with Crippen LogP contribution in [0.4, 0.5) is 0 Å². The van der Waals surface area contributed by atoms with Crippen LogP contribution in [-0.4, -0.2) is 32.8 Å². The lowest BCUT2D eigenvalue weighted by molar-refractivity contribution is 0.0600. The lowest BCUT2D eigenvalue weighted by Crippen LogP contribution is -2.03. The Kier molecular flexibility index (Phi) is 3.61. The molecule has 1 aromatic carbocycles. The fraction of sp³-hybridized carbons (Fsp3) is 0.133. The monoisotopic (exact) mass is 299 g/mol. The van der Waals surface area contributed by atoms with Crippen LogP contribution >= 0.6 is 0 Å². The lowest BCUT2D eigenvalue weighted by atomic mass is 10.3. The van der Waals surface area contributed by atoms with E-state index >= 15 is 0 Å². The largest absolute Gasteiger partial charge is 0.508 e. The molecule has 0 aliphatic carbocycles. The predicted octanol–water partition coefficient (Wildman–Crippen LogP) is 1.80. The molecule has 0 atom stereocenters. The van der Waals surface area contributed by atoms with E-state index in [9.17, 15) is 9.90 Å².